The maximum Gasteiger partial charge on any atom is 0.242 e. The molecule has 3 atom stereocenters. The van der Waals surface area contributed by atoms with Crippen LogP contribution >= 0.6 is 0 Å². The third kappa shape index (κ3) is 2.87. The molecule has 3 aromatic rings. The number of carbonyl (C=O) groups is 1. The molecule has 5 rings (SSSR count). The zero-order valence-electron chi connectivity index (χ0n) is 15.1. The fourth-order valence-corrected chi connectivity index (χ4v) is 4.27. The van der Waals surface area contributed by atoms with Crippen LogP contribution in [0.2, 0.25) is 0 Å². The molecule has 0 saturated heterocycles. The summed E-state index contributed by atoms with van der Waals surface area (Å²) in [6.45, 7) is 0.191. The average Bonchev–Trinajstić information content (AvgIpc) is 3.04. The molecular weight excluding hydrogens is 338 g/mol. The average molecular weight is 359 g/mol. The summed E-state index contributed by atoms with van der Waals surface area (Å²) in [4.78, 5) is 12.4. The Bertz CT molecular complexity index is 1010. The number of fused-ring (bicyclic) bond motifs is 3. The van der Waals surface area contributed by atoms with Gasteiger partial charge in [0.1, 0.15) is 12.2 Å². The maximum absolute atomic E-state index is 12.4. The quantitative estimate of drug-likeness (QED) is 0.734. The summed E-state index contributed by atoms with van der Waals surface area (Å²) in [5.41, 5.74) is 5.59. The van der Waals surface area contributed by atoms with E-state index in [1.807, 2.05) is 37.5 Å². The zero-order chi connectivity index (χ0) is 18.4. The van der Waals surface area contributed by atoms with Gasteiger partial charge in [0.25, 0.3) is 0 Å². The van der Waals surface area contributed by atoms with Crippen molar-refractivity contribution in [3.63, 3.8) is 0 Å². The number of benzene rings is 2. The molecule has 1 saturated carbocycles. The lowest BCUT2D eigenvalue weighted by molar-refractivity contribution is -0.122. The molecule has 0 radical (unpaired) electrons. The molecule has 2 aliphatic carbocycles. The number of nitrogens with one attached hydrogen (secondary N) is 2. The van der Waals surface area contributed by atoms with E-state index in [0.717, 1.165) is 23.4 Å². The summed E-state index contributed by atoms with van der Waals surface area (Å²) in [7, 11) is 1.88. The summed E-state index contributed by atoms with van der Waals surface area (Å²) in [6.07, 6.45) is 2.89. The predicted molar refractivity (Wildman–Crippen MR) is 103 cm³/mol. The Morgan fingerprint density at radius 2 is 2.11 bits per heavy atom. The Morgan fingerprint density at radius 1 is 1.22 bits per heavy atom. The van der Waals surface area contributed by atoms with Gasteiger partial charge in [0.15, 0.2) is 0 Å². The topological polar surface area (TPSA) is 71.8 Å². The highest BCUT2D eigenvalue weighted by molar-refractivity contribution is 5.77. The van der Waals surface area contributed by atoms with Crippen molar-refractivity contribution in [2.75, 3.05) is 12.4 Å². The highest BCUT2D eigenvalue weighted by Crippen LogP contribution is 2.56. The first-order valence-electron chi connectivity index (χ1n) is 9.28. The van der Waals surface area contributed by atoms with Crippen LogP contribution in [0.25, 0.3) is 11.3 Å². The van der Waals surface area contributed by atoms with E-state index in [4.69, 9.17) is 0 Å². The standard InChI is InChI=1S/C21H21N5O/c1-22-15-7-4-6-14(9-15)18-11-26(25-24-18)12-19(27)23-21-17-10-13-5-2-3-8-16(13)20(17)21/h2-9,11,17,20-22H,10,12H2,1H3,(H,23,27)/t17-,20+,21+/m0/s1. The monoisotopic (exact) mass is 359 g/mol. The van der Waals surface area contributed by atoms with Crippen LogP contribution in [0.15, 0.2) is 54.7 Å². The van der Waals surface area contributed by atoms with Gasteiger partial charge in [0.05, 0.1) is 6.20 Å². The van der Waals surface area contributed by atoms with Crippen molar-refractivity contribution < 1.29 is 4.79 Å². The van der Waals surface area contributed by atoms with E-state index in [0.29, 0.717) is 11.8 Å². The summed E-state index contributed by atoms with van der Waals surface area (Å²) in [5, 5.41) is 14.6. The molecule has 1 fully saturated rings. The molecule has 27 heavy (non-hydrogen) atoms. The van der Waals surface area contributed by atoms with Gasteiger partial charge in [-0.1, -0.05) is 41.6 Å². The minimum absolute atomic E-state index is 0.00712. The number of rotatable bonds is 5. The van der Waals surface area contributed by atoms with Crippen LogP contribution in [-0.4, -0.2) is 34.0 Å². The third-order valence-corrected chi connectivity index (χ3v) is 5.66. The summed E-state index contributed by atoms with van der Waals surface area (Å²) < 4.78 is 1.60. The molecule has 0 bridgehead atoms. The van der Waals surface area contributed by atoms with Crippen molar-refractivity contribution in [3.05, 3.63) is 65.9 Å². The minimum atomic E-state index is -0.00712. The van der Waals surface area contributed by atoms with Gasteiger partial charge in [-0.15, -0.1) is 5.10 Å². The van der Waals surface area contributed by atoms with Crippen molar-refractivity contribution in [1.82, 2.24) is 20.3 Å². The van der Waals surface area contributed by atoms with Crippen LogP contribution in [-0.2, 0) is 17.8 Å². The molecule has 1 heterocycles. The molecule has 6 heteroatoms. The van der Waals surface area contributed by atoms with Crippen LogP contribution in [0, 0.1) is 5.92 Å². The molecule has 0 aliphatic heterocycles. The number of aromatic nitrogens is 3. The van der Waals surface area contributed by atoms with E-state index < -0.39 is 0 Å². The van der Waals surface area contributed by atoms with Crippen molar-refractivity contribution in [2.24, 2.45) is 5.92 Å². The SMILES string of the molecule is CNc1cccc(-c2cn(CC(=O)N[C@@H]3[C@H]4Cc5ccccc5[C@H]43)nn2)c1. The smallest absolute Gasteiger partial charge is 0.242 e. The van der Waals surface area contributed by atoms with Crippen LogP contribution in [0.1, 0.15) is 17.0 Å². The number of amides is 1. The minimum Gasteiger partial charge on any atom is -0.388 e. The number of hydrogen-bond donors (Lipinski definition) is 2. The summed E-state index contributed by atoms with van der Waals surface area (Å²) in [5.74, 6) is 1.04. The Hall–Kier alpha value is -3.15. The van der Waals surface area contributed by atoms with Gasteiger partial charge in [-0.2, -0.15) is 0 Å². The van der Waals surface area contributed by atoms with Crippen LogP contribution in [0.4, 0.5) is 5.69 Å². The molecular formula is C21H21N5O. The van der Waals surface area contributed by atoms with Crippen LogP contribution in [0.3, 0.4) is 0 Å². The normalized spacial score (nSPS) is 22.0. The Kier molecular flexibility index (Phi) is 3.70. The predicted octanol–water partition coefficient (Wildman–Crippen LogP) is 2.44. The second-order valence-electron chi connectivity index (χ2n) is 7.32. The van der Waals surface area contributed by atoms with Crippen molar-refractivity contribution in [3.8, 4) is 11.3 Å². The first-order valence-corrected chi connectivity index (χ1v) is 9.28. The first-order chi connectivity index (χ1) is 13.2. The molecule has 6 nitrogen and oxygen atoms in total. The van der Waals surface area contributed by atoms with Gasteiger partial charge >= 0.3 is 0 Å². The van der Waals surface area contributed by atoms with E-state index in [2.05, 4.69) is 45.2 Å². The lowest BCUT2D eigenvalue weighted by Gasteiger charge is -2.09. The Balaban J connectivity index is 1.22. The molecule has 2 aliphatic rings. The van der Waals surface area contributed by atoms with Crippen molar-refractivity contribution >= 4 is 11.6 Å². The first kappa shape index (κ1) is 16.1. The van der Waals surface area contributed by atoms with Gasteiger partial charge < -0.3 is 10.6 Å². The van der Waals surface area contributed by atoms with Crippen LogP contribution < -0.4 is 10.6 Å². The van der Waals surface area contributed by atoms with E-state index in [-0.39, 0.29) is 18.5 Å². The van der Waals surface area contributed by atoms with Gasteiger partial charge in [0, 0.05) is 30.3 Å². The van der Waals surface area contributed by atoms with Gasteiger partial charge in [-0.3, -0.25) is 4.79 Å². The summed E-state index contributed by atoms with van der Waals surface area (Å²) in [6, 6.07) is 16.8. The zero-order valence-corrected chi connectivity index (χ0v) is 15.1. The summed E-state index contributed by atoms with van der Waals surface area (Å²) >= 11 is 0. The second-order valence-corrected chi connectivity index (χ2v) is 7.32. The van der Waals surface area contributed by atoms with Gasteiger partial charge in [-0.25, -0.2) is 4.68 Å². The van der Waals surface area contributed by atoms with E-state index in [9.17, 15) is 4.79 Å². The molecule has 2 aromatic carbocycles. The third-order valence-electron chi connectivity index (χ3n) is 5.66. The van der Waals surface area contributed by atoms with Crippen LogP contribution in [0.5, 0.6) is 0 Å². The lowest BCUT2D eigenvalue weighted by Crippen LogP contribution is -2.32. The highest BCUT2D eigenvalue weighted by atomic mass is 16.2. The van der Waals surface area contributed by atoms with Crippen molar-refractivity contribution in [1.29, 1.82) is 0 Å². The second kappa shape index (κ2) is 6.23. The van der Waals surface area contributed by atoms with E-state index in [1.54, 1.807) is 4.68 Å². The van der Waals surface area contributed by atoms with Crippen molar-refractivity contribution in [2.45, 2.75) is 24.9 Å². The largest absolute Gasteiger partial charge is 0.388 e. The lowest BCUT2D eigenvalue weighted by atomic mass is 10.1. The van der Waals surface area contributed by atoms with E-state index >= 15 is 0 Å². The fraction of sp³-hybridized carbons (Fsp3) is 0.286. The van der Waals surface area contributed by atoms with Gasteiger partial charge in [0.2, 0.25) is 5.91 Å². The molecule has 1 aromatic heterocycles. The highest BCUT2D eigenvalue weighted by Gasteiger charge is 2.56. The number of anilines is 1. The molecule has 0 spiro atoms. The fourth-order valence-electron chi connectivity index (χ4n) is 4.27. The number of carbonyl (C=O) groups excluding carboxylic acids is 1. The van der Waals surface area contributed by atoms with E-state index in [1.165, 1.54) is 11.1 Å². The maximum atomic E-state index is 12.4. The number of nitrogens with zero attached hydrogens (tertiary/aromatic N) is 3. The van der Waals surface area contributed by atoms with Gasteiger partial charge in [-0.05, 0) is 35.6 Å². The molecule has 0 unspecified atom stereocenters. The molecule has 136 valence electrons. The Morgan fingerprint density at radius 3 is 3.00 bits per heavy atom. The Labute approximate surface area is 157 Å². The molecule has 2 N–H and O–H groups in total. The number of hydrogen-bond acceptors (Lipinski definition) is 4. The molecule has 1 amide bonds.